The molecule has 0 unspecified atom stereocenters. The first-order valence-corrected chi connectivity index (χ1v) is 23.6. The zero-order valence-corrected chi connectivity index (χ0v) is 36.6. The van der Waals surface area contributed by atoms with Gasteiger partial charge in [0.15, 0.2) is 0 Å². The zero-order valence-electron chi connectivity index (χ0n) is 35.8. The summed E-state index contributed by atoms with van der Waals surface area (Å²) >= 11 is 6.62. The summed E-state index contributed by atoms with van der Waals surface area (Å²) in [6, 6.07) is 6.99. The van der Waals surface area contributed by atoms with E-state index in [1.165, 1.54) is 103 Å². The lowest BCUT2D eigenvalue weighted by Gasteiger charge is -2.45. The van der Waals surface area contributed by atoms with E-state index in [1.54, 1.807) is 24.3 Å². The van der Waals surface area contributed by atoms with Gasteiger partial charge in [0.2, 0.25) is 0 Å². The fraction of sp³-hybridized carbons (Fsp3) is 0.755. The lowest BCUT2D eigenvalue weighted by atomic mass is 9.63. The molecule has 0 aliphatic heterocycles. The van der Waals surface area contributed by atoms with Crippen molar-refractivity contribution >= 4 is 23.5 Å². The number of ether oxygens (including phenoxy) is 3. The van der Waals surface area contributed by atoms with Crippen LogP contribution in [-0.4, -0.2) is 59.6 Å². The standard InChI is InChI=1S/C49H79ClO7/c1-3-5-6-7-8-9-10-11-12-13-14-15-16-17-20-23-36-55-41-32-30-40(31-33-41)48(54)57-38-37-56-47(53)29-22-19-18-21-26-42-43(45(51)39-44(42)50)27-24-28-46(52)49(4-2)34-25-35-49/h18,21,24,27,30-33,42-46,51-52H,3-17,19-20,22-23,25-26,28-29,34-39H2,1-2H3/b21-18-,27-24+/t42-,43+,44+,45-,46+/m1/s1. The average molecular weight is 816 g/mol. The molecule has 2 N–H and O–H groups in total. The molecule has 0 heterocycles. The number of aliphatic hydroxyl groups is 2. The van der Waals surface area contributed by atoms with Gasteiger partial charge in [0.1, 0.15) is 19.0 Å². The van der Waals surface area contributed by atoms with Gasteiger partial charge in [0, 0.05) is 17.7 Å². The second-order valence-electron chi connectivity index (χ2n) is 16.9. The Balaban J connectivity index is 1.14. The molecule has 2 fully saturated rings. The number of carbonyl (C=O) groups excluding carboxylic acids is 2. The molecule has 0 bridgehead atoms. The largest absolute Gasteiger partial charge is 0.494 e. The quantitative estimate of drug-likeness (QED) is 0.0315. The number of unbranched alkanes of at least 4 members (excludes halogenated alkanes) is 16. The van der Waals surface area contributed by atoms with Crippen LogP contribution in [0.25, 0.3) is 0 Å². The molecule has 3 rings (SSSR count). The second-order valence-corrected chi connectivity index (χ2v) is 17.5. The van der Waals surface area contributed by atoms with Crippen molar-refractivity contribution in [1.82, 2.24) is 0 Å². The number of halogens is 1. The Morgan fingerprint density at radius 3 is 1.96 bits per heavy atom. The summed E-state index contributed by atoms with van der Waals surface area (Å²) in [4.78, 5) is 24.6. The van der Waals surface area contributed by atoms with Crippen LogP contribution in [-0.2, 0) is 14.3 Å². The van der Waals surface area contributed by atoms with Gasteiger partial charge in [-0.2, -0.15) is 0 Å². The van der Waals surface area contributed by atoms with Crippen molar-refractivity contribution in [2.75, 3.05) is 19.8 Å². The molecule has 0 spiro atoms. The monoisotopic (exact) mass is 815 g/mol. The Labute approximate surface area is 351 Å². The van der Waals surface area contributed by atoms with E-state index < -0.39 is 12.1 Å². The fourth-order valence-electron chi connectivity index (χ4n) is 8.54. The number of carbonyl (C=O) groups is 2. The minimum Gasteiger partial charge on any atom is -0.494 e. The molecule has 57 heavy (non-hydrogen) atoms. The summed E-state index contributed by atoms with van der Waals surface area (Å²) < 4.78 is 16.4. The van der Waals surface area contributed by atoms with E-state index in [1.807, 2.05) is 6.08 Å². The molecule has 324 valence electrons. The van der Waals surface area contributed by atoms with E-state index in [-0.39, 0.29) is 54.3 Å². The summed E-state index contributed by atoms with van der Waals surface area (Å²) in [5, 5.41) is 21.3. The topological polar surface area (TPSA) is 102 Å². The number of aliphatic hydroxyl groups excluding tert-OH is 2. The van der Waals surface area contributed by atoms with Crippen molar-refractivity contribution in [3.8, 4) is 5.75 Å². The highest BCUT2D eigenvalue weighted by atomic mass is 35.5. The van der Waals surface area contributed by atoms with Crippen LogP contribution in [0, 0.1) is 17.3 Å². The molecule has 5 atom stereocenters. The normalized spacial score (nSPS) is 20.9. The summed E-state index contributed by atoms with van der Waals surface area (Å²) in [5.74, 6) is 0.0819. The molecule has 0 aromatic heterocycles. The third-order valence-corrected chi connectivity index (χ3v) is 13.1. The third kappa shape index (κ3) is 19.5. The molecule has 0 radical (unpaired) electrons. The van der Waals surface area contributed by atoms with Gasteiger partial charge in [0.05, 0.1) is 24.4 Å². The predicted molar refractivity (Wildman–Crippen MR) is 234 cm³/mol. The minimum absolute atomic E-state index is 0.00284. The van der Waals surface area contributed by atoms with Gasteiger partial charge < -0.3 is 24.4 Å². The fourth-order valence-corrected chi connectivity index (χ4v) is 8.99. The van der Waals surface area contributed by atoms with Crippen molar-refractivity contribution in [3.63, 3.8) is 0 Å². The minimum atomic E-state index is -0.472. The zero-order chi connectivity index (χ0) is 41.0. The van der Waals surface area contributed by atoms with Gasteiger partial charge in [-0.1, -0.05) is 141 Å². The average Bonchev–Trinajstić information content (AvgIpc) is 3.46. The highest BCUT2D eigenvalue weighted by Crippen LogP contribution is 2.48. The Bertz CT molecular complexity index is 1250. The van der Waals surface area contributed by atoms with E-state index in [4.69, 9.17) is 25.8 Å². The van der Waals surface area contributed by atoms with Crippen LogP contribution in [0.4, 0.5) is 0 Å². The molecule has 0 amide bonds. The highest BCUT2D eigenvalue weighted by Gasteiger charge is 2.42. The lowest BCUT2D eigenvalue weighted by Crippen LogP contribution is -2.40. The van der Waals surface area contributed by atoms with E-state index in [2.05, 4.69) is 32.1 Å². The lowest BCUT2D eigenvalue weighted by molar-refractivity contribution is -0.144. The van der Waals surface area contributed by atoms with Crippen molar-refractivity contribution in [2.24, 2.45) is 17.3 Å². The first kappa shape index (κ1) is 49.0. The maximum Gasteiger partial charge on any atom is 0.338 e. The molecule has 1 aromatic rings. The summed E-state index contributed by atoms with van der Waals surface area (Å²) in [7, 11) is 0. The van der Waals surface area contributed by atoms with Crippen LogP contribution in [0.3, 0.4) is 0 Å². The first-order valence-electron chi connectivity index (χ1n) is 23.2. The molecule has 2 aliphatic carbocycles. The number of allylic oxidation sites excluding steroid dienone is 2. The summed E-state index contributed by atoms with van der Waals surface area (Å²) in [6.07, 6.45) is 37.0. The number of esters is 2. The van der Waals surface area contributed by atoms with Crippen LogP contribution < -0.4 is 4.74 Å². The smallest absolute Gasteiger partial charge is 0.338 e. The van der Waals surface area contributed by atoms with Crippen molar-refractivity contribution in [2.45, 2.75) is 198 Å². The number of rotatable bonds is 33. The molecule has 2 saturated carbocycles. The van der Waals surface area contributed by atoms with Crippen LogP contribution in [0.1, 0.15) is 191 Å². The van der Waals surface area contributed by atoms with Gasteiger partial charge in [-0.25, -0.2) is 4.79 Å². The van der Waals surface area contributed by atoms with Gasteiger partial charge >= 0.3 is 11.9 Å². The van der Waals surface area contributed by atoms with Crippen molar-refractivity contribution in [3.05, 3.63) is 54.1 Å². The van der Waals surface area contributed by atoms with Gasteiger partial charge in [-0.05, 0) is 93.4 Å². The molecular weight excluding hydrogens is 736 g/mol. The third-order valence-electron chi connectivity index (χ3n) is 12.6. The molecule has 2 aliphatic rings. The molecular formula is C49H79ClO7. The van der Waals surface area contributed by atoms with Crippen LogP contribution in [0.5, 0.6) is 5.75 Å². The maximum atomic E-state index is 12.4. The highest BCUT2D eigenvalue weighted by molar-refractivity contribution is 6.21. The van der Waals surface area contributed by atoms with E-state index in [9.17, 15) is 19.8 Å². The Morgan fingerprint density at radius 1 is 0.789 bits per heavy atom. The Hall–Kier alpha value is -2.35. The van der Waals surface area contributed by atoms with Gasteiger partial charge in [-0.3, -0.25) is 4.79 Å². The van der Waals surface area contributed by atoms with E-state index in [0.717, 1.165) is 44.3 Å². The molecule has 0 saturated heterocycles. The van der Waals surface area contributed by atoms with E-state index in [0.29, 0.717) is 31.4 Å². The van der Waals surface area contributed by atoms with Crippen molar-refractivity contribution in [1.29, 1.82) is 0 Å². The summed E-state index contributed by atoms with van der Waals surface area (Å²) in [5.41, 5.74) is 0.508. The first-order chi connectivity index (χ1) is 27.8. The molecule has 1 aromatic carbocycles. The van der Waals surface area contributed by atoms with Crippen molar-refractivity contribution < 1.29 is 34.0 Å². The predicted octanol–water partition coefficient (Wildman–Crippen LogP) is 12.6. The maximum absolute atomic E-state index is 12.4. The van der Waals surface area contributed by atoms with Crippen LogP contribution in [0.15, 0.2) is 48.6 Å². The number of hydrogen-bond donors (Lipinski definition) is 2. The Morgan fingerprint density at radius 2 is 1.39 bits per heavy atom. The summed E-state index contributed by atoms with van der Waals surface area (Å²) in [6.45, 7) is 5.14. The Kier molecular flexibility index (Phi) is 25.6. The second kappa shape index (κ2) is 29.8. The number of alkyl halides is 1. The van der Waals surface area contributed by atoms with Crippen LogP contribution in [0.2, 0.25) is 0 Å². The number of hydrogen-bond acceptors (Lipinski definition) is 7. The molecule has 7 nitrogen and oxygen atoms in total. The van der Waals surface area contributed by atoms with Gasteiger partial charge in [-0.15, -0.1) is 11.6 Å². The SMILES string of the molecule is CCCCCCCCCCCCCCCCCCOc1ccc(C(=O)OCCOC(=O)CCC/C=C\C[C@@H]2[C@H](/C=C/C[C@H](O)C3(CC)CCC3)[C@H](O)C[C@@H]2Cl)cc1. The number of benzene rings is 1. The van der Waals surface area contributed by atoms with E-state index >= 15 is 0 Å². The van der Waals surface area contributed by atoms with Crippen LogP contribution >= 0.6 is 11.6 Å². The molecule has 8 heteroatoms. The van der Waals surface area contributed by atoms with Gasteiger partial charge in [0.25, 0.3) is 0 Å².